The third kappa shape index (κ3) is 4.71. The topological polar surface area (TPSA) is 40.6 Å². The van der Waals surface area contributed by atoms with Gasteiger partial charge in [0.1, 0.15) is 0 Å². The van der Waals surface area contributed by atoms with Gasteiger partial charge < -0.3 is 4.90 Å². The number of para-hydroxylation sites is 1. The van der Waals surface area contributed by atoms with Crippen molar-refractivity contribution in [1.82, 2.24) is 4.90 Å². The van der Waals surface area contributed by atoms with E-state index in [4.69, 9.17) is 0 Å². The second-order valence-electron chi connectivity index (χ2n) is 5.78. The van der Waals surface area contributed by atoms with Crippen molar-refractivity contribution >= 4 is 15.5 Å². The van der Waals surface area contributed by atoms with Crippen molar-refractivity contribution in [2.75, 3.05) is 43.1 Å². The van der Waals surface area contributed by atoms with Crippen LogP contribution in [0.2, 0.25) is 0 Å². The maximum atomic E-state index is 11.7. The molecule has 0 amide bonds. The number of likely N-dealkylation sites (N-methyl/N-ethyl adjacent to an activating group) is 1. The van der Waals surface area contributed by atoms with Crippen LogP contribution >= 0.6 is 0 Å². The molecule has 0 spiro atoms. The van der Waals surface area contributed by atoms with Gasteiger partial charge in [0.2, 0.25) is 0 Å². The number of rotatable bonds is 7. The maximum absolute atomic E-state index is 11.7. The maximum Gasteiger partial charge on any atom is 0.151 e. The Kier molecular flexibility index (Phi) is 5.65. The first kappa shape index (κ1) is 16.3. The molecule has 4 nitrogen and oxygen atoms in total. The standard InChI is InChI=1S/C16H26N2O2S/c1-3-21(19,20)13-12-18-11-7-10-16(18)14-17(2)15-8-5-4-6-9-15/h4-6,8-9,16H,3,7,10-14H2,1-2H3/t16-/m0/s1. The first-order valence-electron chi connectivity index (χ1n) is 7.72. The Bertz CT molecular complexity index is 530. The van der Waals surface area contributed by atoms with E-state index in [1.54, 1.807) is 6.92 Å². The molecule has 1 aromatic rings. The zero-order valence-corrected chi connectivity index (χ0v) is 13.8. The molecule has 1 heterocycles. The van der Waals surface area contributed by atoms with E-state index < -0.39 is 9.84 Å². The third-order valence-electron chi connectivity index (χ3n) is 4.31. The molecule has 5 heteroatoms. The van der Waals surface area contributed by atoms with Crippen LogP contribution in [0.4, 0.5) is 5.69 Å². The number of likely N-dealkylation sites (tertiary alicyclic amines) is 1. The van der Waals surface area contributed by atoms with Gasteiger partial charge in [-0.1, -0.05) is 25.1 Å². The number of hydrogen-bond acceptors (Lipinski definition) is 4. The van der Waals surface area contributed by atoms with Crippen LogP contribution in [0.25, 0.3) is 0 Å². The van der Waals surface area contributed by atoms with Crippen molar-refractivity contribution in [3.8, 4) is 0 Å². The van der Waals surface area contributed by atoms with E-state index in [-0.39, 0.29) is 11.5 Å². The number of hydrogen-bond donors (Lipinski definition) is 0. The smallest absolute Gasteiger partial charge is 0.151 e. The predicted octanol–water partition coefficient (Wildman–Crippen LogP) is 2.02. The van der Waals surface area contributed by atoms with Gasteiger partial charge in [-0.05, 0) is 31.5 Å². The van der Waals surface area contributed by atoms with Gasteiger partial charge >= 0.3 is 0 Å². The highest BCUT2D eigenvalue weighted by Gasteiger charge is 2.26. The Morgan fingerprint density at radius 3 is 2.67 bits per heavy atom. The summed E-state index contributed by atoms with van der Waals surface area (Å²) in [5.74, 6) is 0.532. The highest BCUT2D eigenvalue weighted by Crippen LogP contribution is 2.20. The summed E-state index contributed by atoms with van der Waals surface area (Å²) in [6.07, 6.45) is 2.32. The van der Waals surface area contributed by atoms with Crippen molar-refractivity contribution in [3.05, 3.63) is 30.3 Å². The second kappa shape index (κ2) is 7.27. The summed E-state index contributed by atoms with van der Waals surface area (Å²) in [5.41, 5.74) is 1.21. The molecule has 0 bridgehead atoms. The molecule has 21 heavy (non-hydrogen) atoms. The molecule has 1 saturated heterocycles. The average molecular weight is 310 g/mol. The molecule has 2 rings (SSSR count). The minimum Gasteiger partial charge on any atom is -0.373 e. The first-order chi connectivity index (χ1) is 10.0. The van der Waals surface area contributed by atoms with E-state index in [0.29, 0.717) is 12.6 Å². The Labute approximate surface area is 128 Å². The van der Waals surface area contributed by atoms with E-state index in [2.05, 4.69) is 29.0 Å². The number of anilines is 1. The third-order valence-corrected chi connectivity index (χ3v) is 5.99. The van der Waals surface area contributed by atoms with Crippen LogP contribution in [-0.4, -0.2) is 57.5 Å². The molecule has 118 valence electrons. The van der Waals surface area contributed by atoms with E-state index >= 15 is 0 Å². The van der Waals surface area contributed by atoms with Crippen molar-refractivity contribution in [3.63, 3.8) is 0 Å². The number of sulfone groups is 1. The molecule has 1 atom stereocenters. The second-order valence-corrected chi connectivity index (χ2v) is 8.26. The van der Waals surface area contributed by atoms with E-state index in [1.165, 1.54) is 12.1 Å². The number of nitrogens with zero attached hydrogens (tertiary/aromatic N) is 2. The van der Waals surface area contributed by atoms with Gasteiger partial charge in [-0.2, -0.15) is 0 Å². The Morgan fingerprint density at radius 1 is 1.29 bits per heavy atom. The van der Waals surface area contributed by atoms with Gasteiger partial charge in [-0.3, -0.25) is 4.90 Å². The van der Waals surface area contributed by atoms with E-state index in [0.717, 1.165) is 19.5 Å². The summed E-state index contributed by atoms with van der Waals surface area (Å²) in [7, 11) is -0.761. The fraction of sp³-hybridized carbons (Fsp3) is 0.625. The van der Waals surface area contributed by atoms with Crippen molar-refractivity contribution in [1.29, 1.82) is 0 Å². The zero-order valence-electron chi connectivity index (χ0n) is 13.0. The molecule has 0 radical (unpaired) electrons. The van der Waals surface area contributed by atoms with E-state index in [9.17, 15) is 8.42 Å². The van der Waals surface area contributed by atoms with Crippen LogP contribution < -0.4 is 4.90 Å². The van der Waals surface area contributed by atoms with Gasteiger partial charge in [0.25, 0.3) is 0 Å². The quantitative estimate of drug-likeness (QED) is 0.772. The van der Waals surface area contributed by atoms with Crippen LogP contribution in [0.15, 0.2) is 30.3 Å². The normalized spacial score (nSPS) is 19.8. The summed E-state index contributed by atoms with van der Waals surface area (Å²) in [6, 6.07) is 10.8. The lowest BCUT2D eigenvalue weighted by molar-refractivity contribution is 0.271. The Morgan fingerprint density at radius 2 is 2.00 bits per heavy atom. The first-order valence-corrected chi connectivity index (χ1v) is 9.54. The van der Waals surface area contributed by atoms with Crippen LogP contribution in [0.1, 0.15) is 19.8 Å². The molecule has 0 aromatic heterocycles. The lowest BCUT2D eigenvalue weighted by atomic mass is 10.2. The van der Waals surface area contributed by atoms with Crippen LogP contribution in [-0.2, 0) is 9.84 Å². The largest absolute Gasteiger partial charge is 0.373 e. The molecule has 1 aromatic carbocycles. The molecule has 0 unspecified atom stereocenters. The average Bonchev–Trinajstić information content (AvgIpc) is 2.93. The van der Waals surface area contributed by atoms with Crippen molar-refractivity contribution in [2.24, 2.45) is 0 Å². The van der Waals surface area contributed by atoms with Gasteiger partial charge in [0.15, 0.2) is 9.84 Å². The number of benzene rings is 1. The lowest BCUT2D eigenvalue weighted by Gasteiger charge is -2.29. The highest BCUT2D eigenvalue weighted by molar-refractivity contribution is 7.91. The molecule has 0 aliphatic carbocycles. The monoisotopic (exact) mass is 310 g/mol. The summed E-state index contributed by atoms with van der Waals surface area (Å²) in [5, 5.41) is 0. The predicted molar refractivity (Wildman–Crippen MR) is 88.6 cm³/mol. The summed E-state index contributed by atoms with van der Waals surface area (Å²) < 4.78 is 23.3. The van der Waals surface area contributed by atoms with Crippen LogP contribution in [0.5, 0.6) is 0 Å². The summed E-state index contributed by atoms with van der Waals surface area (Å²) in [6.45, 7) is 4.37. The Hall–Kier alpha value is -1.07. The van der Waals surface area contributed by atoms with Crippen LogP contribution in [0, 0.1) is 0 Å². The molecule has 1 aliphatic heterocycles. The minimum absolute atomic E-state index is 0.245. The minimum atomic E-state index is -2.87. The molecule has 0 N–H and O–H groups in total. The molecule has 1 aliphatic rings. The summed E-state index contributed by atoms with van der Waals surface area (Å²) in [4.78, 5) is 4.60. The van der Waals surface area contributed by atoms with Gasteiger partial charge in [-0.25, -0.2) is 8.42 Å². The fourth-order valence-corrected chi connectivity index (χ4v) is 3.70. The molecule has 1 fully saturated rings. The van der Waals surface area contributed by atoms with E-state index in [1.807, 2.05) is 18.2 Å². The van der Waals surface area contributed by atoms with Gasteiger partial charge in [0, 0.05) is 37.6 Å². The SMILES string of the molecule is CCS(=O)(=O)CCN1CCC[C@H]1CN(C)c1ccccc1. The molecule has 0 saturated carbocycles. The van der Waals surface area contributed by atoms with Gasteiger partial charge in [-0.15, -0.1) is 0 Å². The van der Waals surface area contributed by atoms with Crippen molar-refractivity contribution in [2.45, 2.75) is 25.8 Å². The highest BCUT2D eigenvalue weighted by atomic mass is 32.2. The lowest BCUT2D eigenvalue weighted by Crippen LogP contribution is -2.41. The Balaban J connectivity index is 1.90. The fourth-order valence-electron chi connectivity index (χ4n) is 2.90. The van der Waals surface area contributed by atoms with Crippen LogP contribution in [0.3, 0.4) is 0 Å². The van der Waals surface area contributed by atoms with Gasteiger partial charge in [0.05, 0.1) is 5.75 Å². The zero-order chi connectivity index (χ0) is 15.3. The van der Waals surface area contributed by atoms with Crippen molar-refractivity contribution < 1.29 is 8.42 Å². The summed E-state index contributed by atoms with van der Waals surface area (Å²) >= 11 is 0. The molecular weight excluding hydrogens is 284 g/mol. The molecular formula is C16H26N2O2S.